The van der Waals surface area contributed by atoms with Crippen molar-refractivity contribution in [1.82, 2.24) is 9.78 Å². The number of rotatable bonds is 5. The van der Waals surface area contributed by atoms with Crippen LogP contribution in [-0.2, 0) is 9.59 Å². The summed E-state index contributed by atoms with van der Waals surface area (Å²) in [6, 6.07) is 10.7. The summed E-state index contributed by atoms with van der Waals surface area (Å²) >= 11 is 0. The Bertz CT molecular complexity index is 1140. The molecule has 8 heteroatoms. The molecular formula is C22H21FN4O3. The van der Waals surface area contributed by atoms with Gasteiger partial charge >= 0.3 is 0 Å². The molecule has 0 saturated heterocycles. The molecule has 2 N–H and O–H groups in total. The van der Waals surface area contributed by atoms with Gasteiger partial charge in [0.1, 0.15) is 23.4 Å². The molecule has 0 aliphatic carbocycles. The van der Waals surface area contributed by atoms with Crippen LogP contribution in [-0.4, -0.2) is 28.7 Å². The molecule has 154 valence electrons. The van der Waals surface area contributed by atoms with Gasteiger partial charge in [0.25, 0.3) is 5.91 Å². The average Bonchev–Trinajstić information content (AvgIpc) is 3.17. The number of ether oxygens (including phenoxy) is 1. The number of nitrogens with zero attached hydrogens (tertiary/aromatic N) is 2. The number of hydrogen-bond donors (Lipinski definition) is 2. The van der Waals surface area contributed by atoms with Crippen LogP contribution in [0.25, 0.3) is 11.1 Å². The van der Waals surface area contributed by atoms with Gasteiger partial charge in [-0.25, -0.2) is 9.07 Å². The summed E-state index contributed by atoms with van der Waals surface area (Å²) in [5.41, 5.74) is 3.66. The zero-order valence-corrected chi connectivity index (χ0v) is 16.8. The van der Waals surface area contributed by atoms with E-state index in [-0.39, 0.29) is 24.1 Å². The van der Waals surface area contributed by atoms with E-state index in [1.165, 1.54) is 23.9 Å². The van der Waals surface area contributed by atoms with Crippen molar-refractivity contribution in [2.45, 2.75) is 26.3 Å². The first-order valence-electron chi connectivity index (χ1n) is 9.47. The van der Waals surface area contributed by atoms with Crippen LogP contribution in [0.1, 0.15) is 23.7 Å². The van der Waals surface area contributed by atoms with E-state index >= 15 is 0 Å². The van der Waals surface area contributed by atoms with Crippen molar-refractivity contribution in [3.8, 4) is 16.9 Å². The van der Waals surface area contributed by atoms with Crippen LogP contribution in [0.2, 0.25) is 0 Å². The van der Waals surface area contributed by atoms with Crippen molar-refractivity contribution < 1.29 is 18.7 Å². The van der Waals surface area contributed by atoms with Gasteiger partial charge in [-0.1, -0.05) is 18.2 Å². The molecule has 7 nitrogen and oxygen atoms in total. The van der Waals surface area contributed by atoms with Crippen LogP contribution in [0.5, 0.6) is 5.75 Å². The minimum Gasteiger partial charge on any atom is -0.495 e. The van der Waals surface area contributed by atoms with E-state index in [2.05, 4.69) is 15.7 Å². The van der Waals surface area contributed by atoms with Crippen molar-refractivity contribution in [3.05, 3.63) is 59.5 Å². The number of amides is 2. The monoisotopic (exact) mass is 408 g/mol. The lowest BCUT2D eigenvalue weighted by Gasteiger charge is -2.13. The average molecular weight is 408 g/mol. The van der Waals surface area contributed by atoms with Crippen molar-refractivity contribution in [3.63, 3.8) is 0 Å². The molecule has 1 aliphatic rings. The first kappa shape index (κ1) is 19.6. The number of fused-ring (bicyclic) bond motifs is 1. The maximum Gasteiger partial charge on any atom is 0.251 e. The van der Waals surface area contributed by atoms with Crippen LogP contribution in [0, 0.1) is 19.7 Å². The fourth-order valence-corrected chi connectivity index (χ4v) is 3.64. The number of methoxy groups -OCH3 is 1. The molecule has 2 amide bonds. The number of halogens is 1. The second kappa shape index (κ2) is 7.62. The van der Waals surface area contributed by atoms with E-state index in [1.54, 1.807) is 18.2 Å². The topological polar surface area (TPSA) is 85.2 Å². The third-order valence-electron chi connectivity index (χ3n) is 5.07. The smallest absolute Gasteiger partial charge is 0.251 e. The molecule has 0 radical (unpaired) electrons. The lowest BCUT2D eigenvalue weighted by atomic mass is 10.1. The van der Waals surface area contributed by atoms with Gasteiger partial charge < -0.3 is 15.4 Å². The molecule has 0 spiro atoms. The molecule has 2 heterocycles. The van der Waals surface area contributed by atoms with Gasteiger partial charge in [-0.15, -0.1) is 0 Å². The highest BCUT2D eigenvalue weighted by atomic mass is 19.1. The predicted molar refractivity (Wildman–Crippen MR) is 111 cm³/mol. The Morgan fingerprint density at radius 3 is 2.67 bits per heavy atom. The highest BCUT2D eigenvalue weighted by Gasteiger charge is 2.36. The first-order chi connectivity index (χ1) is 14.4. The van der Waals surface area contributed by atoms with E-state index in [1.807, 2.05) is 26.0 Å². The molecule has 30 heavy (non-hydrogen) atoms. The van der Waals surface area contributed by atoms with E-state index < -0.39 is 6.04 Å². The number of anilines is 2. The van der Waals surface area contributed by atoms with Crippen LogP contribution < -0.4 is 15.4 Å². The summed E-state index contributed by atoms with van der Waals surface area (Å²) in [4.78, 5) is 25.2. The Hall–Kier alpha value is -3.68. The zero-order valence-electron chi connectivity index (χ0n) is 16.8. The summed E-state index contributed by atoms with van der Waals surface area (Å²) in [6.45, 7) is 3.72. The third-order valence-corrected chi connectivity index (χ3v) is 5.07. The van der Waals surface area contributed by atoms with Gasteiger partial charge in [0.05, 0.1) is 24.9 Å². The molecule has 4 rings (SSSR count). The number of benzene rings is 2. The Labute approximate surface area is 172 Å². The fourth-order valence-electron chi connectivity index (χ4n) is 3.64. The lowest BCUT2D eigenvalue weighted by Crippen LogP contribution is -2.24. The summed E-state index contributed by atoms with van der Waals surface area (Å²) in [6.07, 6.45) is -0.0834. The van der Waals surface area contributed by atoms with Crippen LogP contribution in [0.4, 0.5) is 15.9 Å². The normalized spacial score (nSPS) is 14.9. The molecule has 0 fully saturated rings. The lowest BCUT2D eigenvalue weighted by molar-refractivity contribution is -0.123. The van der Waals surface area contributed by atoms with Gasteiger partial charge in [-0.2, -0.15) is 5.10 Å². The van der Waals surface area contributed by atoms with E-state index in [9.17, 15) is 14.0 Å². The van der Waals surface area contributed by atoms with Crippen molar-refractivity contribution in [2.24, 2.45) is 0 Å². The Kier molecular flexibility index (Phi) is 4.99. The van der Waals surface area contributed by atoms with Crippen LogP contribution in [0.15, 0.2) is 42.5 Å². The maximum atomic E-state index is 13.3. The minimum absolute atomic E-state index is 0.0834. The number of nitrogens with one attached hydrogen (secondary N) is 2. The summed E-state index contributed by atoms with van der Waals surface area (Å²) in [5, 5.41) is 10.1. The number of carbonyl (C=O) groups excluding carboxylic acids is 2. The Balaban J connectivity index is 1.58. The predicted octanol–water partition coefficient (Wildman–Crippen LogP) is 3.84. The molecular weight excluding hydrogens is 387 g/mol. The van der Waals surface area contributed by atoms with E-state index in [0.29, 0.717) is 28.5 Å². The van der Waals surface area contributed by atoms with Gasteiger partial charge in [0, 0.05) is 5.56 Å². The van der Waals surface area contributed by atoms with Gasteiger partial charge in [-0.05, 0) is 49.2 Å². The van der Waals surface area contributed by atoms with Crippen LogP contribution >= 0.6 is 0 Å². The number of hydrogen-bond acceptors (Lipinski definition) is 4. The molecule has 3 aromatic rings. The number of carbonyl (C=O) groups is 2. The quantitative estimate of drug-likeness (QED) is 0.672. The molecule has 2 aromatic carbocycles. The summed E-state index contributed by atoms with van der Waals surface area (Å²) in [5.74, 6) is 0.0649. The highest BCUT2D eigenvalue weighted by molar-refractivity contribution is 6.04. The maximum absolute atomic E-state index is 13.3. The largest absolute Gasteiger partial charge is 0.495 e. The third kappa shape index (κ3) is 3.52. The van der Waals surface area contributed by atoms with Gasteiger partial charge in [-0.3, -0.25) is 9.59 Å². The molecule has 1 unspecified atom stereocenters. The van der Waals surface area contributed by atoms with E-state index in [0.717, 1.165) is 11.1 Å². The minimum atomic E-state index is -0.774. The van der Waals surface area contributed by atoms with Crippen molar-refractivity contribution in [1.29, 1.82) is 0 Å². The summed E-state index contributed by atoms with van der Waals surface area (Å²) < 4.78 is 20.1. The molecule has 0 saturated carbocycles. The van der Waals surface area contributed by atoms with E-state index in [4.69, 9.17) is 4.74 Å². The van der Waals surface area contributed by atoms with Crippen molar-refractivity contribution >= 4 is 23.3 Å². The second-order valence-corrected chi connectivity index (χ2v) is 7.22. The molecule has 1 aromatic heterocycles. The standard InChI is InChI=1S/C22H21FN4O3/c1-12-4-9-18(30-3)16(10-12)24-19(28)11-17-22(29)25-21-20(13(2)26-27(17)21)14-5-7-15(23)8-6-14/h4-10,17H,11H2,1-3H3,(H,24,28)(H,25,29). The van der Waals surface area contributed by atoms with Gasteiger partial charge in [0.2, 0.25) is 5.91 Å². The zero-order chi connectivity index (χ0) is 21.4. The van der Waals surface area contributed by atoms with Crippen molar-refractivity contribution in [2.75, 3.05) is 17.7 Å². The Morgan fingerprint density at radius 2 is 1.97 bits per heavy atom. The van der Waals surface area contributed by atoms with Gasteiger partial charge in [0.15, 0.2) is 0 Å². The van der Waals surface area contributed by atoms with Crippen LogP contribution in [0.3, 0.4) is 0 Å². The molecule has 1 atom stereocenters. The molecule has 0 bridgehead atoms. The summed E-state index contributed by atoms with van der Waals surface area (Å²) in [7, 11) is 1.53. The highest BCUT2D eigenvalue weighted by Crippen LogP contribution is 2.38. The Morgan fingerprint density at radius 1 is 1.23 bits per heavy atom. The first-order valence-corrected chi connectivity index (χ1v) is 9.47. The number of aryl methyl sites for hydroxylation is 2. The number of aromatic nitrogens is 2. The second-order valence-electron chi connectivity index (χ2n) is 7.22. The fraction of sp³-hybridized carbons (Fsp3) is 0.227. The SMILES string of the molecule is COc1ccc(C)cc1NC(=O)CC1C(=O)Nc2c(-c3ccc(F)cc3)c(C)nn21. The molecule has 1 aliphatic heterocycles.